The highest BCUT2D eigenvalue weighted by Crippen LogP contribution is 2.28. The van der Waals surface area contributed by atoms with Crippen LogP contribution >= 0.6 is 0 Å². The van der Waals surface area contributed by atoms with Crippen LogP contribution < -0.4 is 9.30 Å². The molecular formula is C19H16N3O3+. The summed E-state index contributed by atoms with van der Waals surface area (Å²) in [5.41, 5.74) is 3.42. The third-order valence-corrected chi connectivity index (χ3v) is 4.42. The van der Waals surface area contributed by atoms with Gasteiger partial charge in [-0.1, -0.05) is 29.4 Å². The summed E-state index contributed by atoms with van der Waals surface area (Å²) in [5, 5.41) is 13.1. The number of hydrogen-bond donors (Lipinski definition) is 1. The second-order valence-electron chi connectivity index (χ2n) is 5.81. The number of nitrogens with zero attached hydrogens (tertiary/aromatic N) is 3. The van der Waals surface area contributed by atoms with Crippen LogP contribution in [0.3, 0.4) is 0 Å². The van der Waals surface area contributed by atoms with E-state index in [2.05, 4.69) is 5.16 Å². The standard InChI is InChI=1S/C19H15N3O3/c1-21-11-22(12-7-9-13(25-2)10-8-12)18-17(21)16(20-24)14-5-3-4-6-15(14)19(18)23/h3-11H,1-2H3/p+1. The van der Waals surface area contributed by atoms with Crippen molar-refractivity contribution in [2.24, 2.45) is 12.2 Å². The van der Waals surface area contributed by atoms with E-state index in [1.54, 1.807) is 40.8 Å². The van der Waals surface area contributed by atoms with E-state index in [1.165, 1.54) is 0 Å². The molecule has 3 aromatic rings. The Balaban J connectivity index is 1.97. The average molecular weight is 334 g/mol. The molecule has 1 aliphatic rings. The molecule has 6 heteroatoms. The van der Waals surface area contributed by atoms with E-state index in [1.807, 2.05) is 37.4 Å². The molecule has 1 N–H and O–H groups in total. The molecule has 0 saturated heterocycles. The van der Waals surface area contributed by atoms with Crippen LogP contribution in [0, 0.1) is 0 Å². The lowest BCUT2D eigenvalue weighted by atomic mass is 9.89. The maximum atomic E-state index is 13.1. The molecule has 0 aliphatic heterocycles. The molecule has 0 unspecified atom stereocenters. The lowest BCUT2D eigenvalue weighted by Crippen LogP contribution is -2.37. The number of hydrogen-bond acceptors (Lipinski definition) is 4. The summed E-state index contributed by atoms with van der Waals surface area (Å²) in [6.45, 7) is 0. The highest BCUT2D eigenvalue weighted by molar-refractivity contribution is 6.28. The first-order valence-corrected chi connectivity index (χ1v) is 7.77. The van der Waals surface area contributed by atoms with E-state index in [0.717, 1.165) is 11.4 Å². The summed E-state index contributed by atoms with van der Waals surface area (Å²) in [5.74, 6) is 0.637. The monoisotopic (exact) mass is 334 g/mol. The molecule has 25 heavy (non-hydrogen) atoms. The van der Waals surface area contributed by atoms with E-state index in [-0.39, 0.29) is 5.78 Å². The summed E-state index contributed by atoms with van der Waals surface area (Å²) < 4.78 is 8.79. The quantitative estimate of drug-likeness (QED) is 0.347. The van der Waals surface area contributed by atoms with Gasteiger partial charge in [0.15, 0.2) is 5.71 Å². The Morgan fingerprint density at radius 1 is 1.08 bits per heavy atom. The lowest BCUT2D eigenvalue weighted by molar-refractivity contribution is -0.671. The van der Waals surface area contributed by atoms with Gasteiger partial charge in [-0.15, -0.1) is 0 Å². The van der Waals surface area contributed by atoms with Crippen molar-refractivity contribution in [3.05, 3.63) is 77.4 Å². The third kappa shape index (κ3) is 2.15. The van der Waals surface area contributed by atoms with Crippen molar-refractivity contribution in [2.45, 2.75) is 0 Å². The van der Waals surface area contributed by atoms with Crippen molar-refractivity contribution in [1.29, 1.82) is 0 Å². The maximum absolute atomic E-state index is 13.1. The second-order valence-corrected chi connectivity index (χ2v) is 5.81. The Labute approximate surface area is 144 Å². The van der Waals surface area contributed by atoms with E-state index in [4.69, 9.17) is 4.74 Å². The molecule has 1 aromatic heterocycles. The Hall–Kier alpha value is -3.41. The predicted molar refractivity (Wildman–Crippen MR) is 90.8 cm³/mol. The van der Waals surface area contributed by atoms with E-state index in [0.29, 0.717) is 28.2 Å². The molecule has 0 atom stereocenters. The number of imidazole rings is 1. The van der Waals surface area contributed by atoms with Crippen LogP contribution in [0.2, 0.25) is 0 Å². The van der Waals surface area contributed by atoms with Crippen LogP contribution in [-0.2, 0) is 7.05 Å². The summed E-state index contributed by atoms with van der Waals surface area (Å²) >= 11 is 0. The fourth-order valence-electron chi connectivity index (χ4n) is 3.25. The highest BCUT2D eigenvalue weighted by Gasteiger charge is 2.39. The van der Waals surface area contributed by atoms with E-state index >= 15 is 0 Å². The zero-order chi connectivity index (χ0) is 17.6. The predicted octanol–water partition coefficient (Wildman–Crippen LogP) is 2.08. The zero-order valence-corrected chi connectivity index (χ0v) is 13.8. The number of ether oxygens (including phenoxy) is 1. The van der Waals surface area contributed by atoms with Crippen molar-refractivity contribution in [3.63, 3.8) is 0 Å². The molecule has 6 nitrogen and oxygen atoms in total. The van der Waals surface area contributed by atoms with Crippen molar-refractivity contribution in [2.75, 3.05) is 7.11 Å². The van der Waals surface area contributed by atoms with Gasteiger partial charge in [0.05, 0.1) is 14.2 Å². The Morgan fingerprint density at radius 2 is 1.76 bits per heavy atom. The molecule has 0 radical (unpaired) electrons. The number of methoxy groups -OCH3 is 1. The van der Waals surface area contributed by atoms with Gasteiger partial charge in [-0.25, -0.2) is 4.57 Å². The first kappa shape index (κ1) is 15.1. The molecule has 4 rings (SSSR count). The largest absolute Gasteiger partial charge is 0.497 e. The minimum absolute atomic E-state index is 0.102. The fraction of sp³-hybridized carbons (Fsp3) is 0.105. The number of carbonyl (C=O) groups is 1. The molecule has 0 bridgehead atoms. The lowest BCUT2D eigenvalue weighted by Gasteiger charge is -2.14. The molecule has 0 amide bonds. The highest BCUT2D eigenvalue weighted by atomic mass is 16.5. The van der Waals surface area contributed by atoms with Gasteiger partial charge >= 0.3 is 0 Å². The van der Waals surface area contributed by atoms with Crippen LogP contribution in [0.5, 0.6) is 5.75 Å². The number of benzene rings is 2. The number of aromatic nitrogens is 2. The number of aryl methyl sites for hydroxylation is 1. The van der Waals surface area contributed by atoms with Crippen LogP contribution in [0.4, 0.5) is 0 Å². The topological polar surface area (TPSA) is 67.7 Å². The van der Waals surface area contributed by atoms with Crippen LogP contribution in [0.1, 0.15) is 27.3 Å². The SMILES string of the molecule is COc1ccc(-n2c[n+](C)c3c2C(=O)c2ccccc2C3=NO)cc1. The number of oxime groups is 1. The third-order valence-electron chi connectivity index (χ3n) is 4.42. The van der Waals surface area contributed by atoms with E-state index < -0.39 is 0 Å². The van der Waals surface area contributed by atoms with Crippen molar-refractivity contribution in [3.8, 4) is 11.4 Å². The molecular weight excluding hydrogens is 318 g/mol. The minimum Gasteiger partial charge on any atom is -0.497 e. The second kappa shape index (κ2) is 5.59. The number of fused-ring (bicyclic) bond motifs is 2. The van der Waals surface area contributed by atoms with Gasteiger partial charge in [0.1, 0.15) is 11.4 Å². The Kier molecular flexibility index (Phi) is 3.39. The molecule has 2 aromatic carbocycles. The van der Waals surface area contributed by atoms with Gasteiger partial charge < -0.3 is 9.94 Å². The first-order valence-electron chi connectivity index (χ1n) is 7.77. The van der Waals surface area contributed by atoms with Crippen molar-refractivity contribution in [1.82, 2.24) is 4.57 Å². The minimum atomic E-state index is -0.102. The van der Waals surface area contributed by atoms with Crippen LogP contribution in [-0.4, -0.2) is 28.4 Å². The van der Waals surface area contributed by atoms with E-state index in [9.17, 15) is 10.0 Å². The smallest absolute Gasteiger partial charge is 0.249 e. The molecule has 1 aliphatic carbocycles. The molecule has 0 fully saturated rings. The number of rotatable bonds is 2. The maximum Gasteiger partial charge on any atom is 0.249 e. The summed E-state index contributed by atoms with van der Waals surface area (Å²) in [6.07, 6.45) is 1.81. The number of carbonyl (C=O) groups excluding carboxylic acids is 1. The summed E-state index contributed by atoms with van der Waals surface area (Å²) in [4.78, 5) is 13.1. The van der Waals surface area contributed by atoms with Gasteiger partial charge in [-0.2, -0.15) is 4.57 Å². The zero-order valence-electron chi connectivity index (χ0n) is 13.8. The van der Waals surface area contributed by atoms with Crippen LogP contribution in [0.25, 0.3) is 5.69 Å². The Morgan fingerprint density at radius 3 is 2.40 bits per heavy atom. The Bertz CT molecular complexity index is 1020. The fourth-order valence-corrected chi connectivity index (χ4v) is 3.25. The summed E-state index contributed by atoms with van der Waals surface area (Å²) in [7, 11) is 3.43. The van der Waals surface area contributed by atoms with Crippen molar-refractivity contribution < 1.29 is 19.3 Å². The molecule has 0 saturated carbocycles. The number of ketones is 1. The molecule has 124 valence electrons. The molecule has 0 spiro atoms. The van der Waals surface area contributed by atoms with Gasteiger partial charge in [-0.3, -0.25) is 4.79 Å². The van der Waals surface area contributed by atoms with Crippen LogP contribution in [0.15, 0.2) is 60.0 Å². The molecule has 1 heterocycles. The van der Waals surface area contributed by atoms with Crippen molar-refractivity contribution >= 4 is 11.5 Å². The first-order chi connectivity index (χ1) is 12.2. The normalized spacial score (nSPS) is 14.3. The average Bonchev–Trinajstić information content (AvgIpc) is 3.00. The summed E-state index contributed by atoms with van der Waals surface area (Å²) in [6, 6.07) is 14.6. The van der Waals surface area contributed by atoms with Gasteiger partial charge in [0.25, 0.3) is 0 Å². The van der Waals surface area contributed by atoms with Gasteiger partial charge in [-0.05, 0) is 24.3 Å². The van der Waals surface area contributed by atoms with Gasteiger partial charge in [0.2, 0.25) is 23.5 Å². The van der Waals surface area contributed by atoms with Gasteiger partial charge in [0, 0.05) is 11.1 Å².